The highest BCUT2D eigenvalue weighted by atomic mass is 35.5. The van der Waals surface area contributed by atoms with Crippen LogP contribution in [-0.4, -0.2) is 4.98 Å². The molecule has 0 unspecified atom stereocenters. The van der Waals surface area contributed by atoms with Crippen molar-refractivity contribution in [2.45, 2.75) is 13.5 Å². The van der Waals surface area contributed by atoms with Crippen LogP contribution in [-0.2, 0) is 6.61 Å². The third kappa shape index (κ3) is 2.65. The minimum absolute atomic E-state index is 0.442. The van der Waals surface area contributed by atoms with Crippen LogP contribution in [0.15, 0.2) is 24.4 Å². The number of hydrogen-bond acceptors (Lipinski definition) is 4. The van der Waals surface area contributed by atoms with Crippen molar-refractivity contribution >= 4 is 28.1 Å². The molecule has 0 saturated carbocycles. The van der Waals surface area contributed by atoms with Crippen molar-refractivity contribution in [3.05, 3.63) is 39.9 Å². The Morgan fingerprint density at radius 1 is 1.50 bits per heavy atom. The van der Waals surface area contributed by atoms with Crippen LogP contribution in [0.4, 0.5) is 5.13 Å². The SMILES string of the molecule is Cc1ccc(OCc2cnc(N)s2)c(Cl)c1. The Labute approximate surface area is 103 Å². The molecular weight excluding hydrogens is 244 g/mol. The van der Waals surface area contributed by atoms with Crippen molar-refractivity contribution in [2.24, 2.45) is 0 Å². The van der Waals surface area contributed by atoms with Crippen molar-refractivity contribution < 1.29 is 4.74 Å². The quantitative estimate of drug-likeness (QED) is 0.915. The van der Waals surface area contributed by atoms with Crippen LogP contribution in [0.5, 0.6) is 5.75 Å². The Morgan fingerprint density at radius 3 is 2.94 bits per heavy atom. The molecule has 0 radical (unpaired) electrons. The van der Waals surface area contributed by atoms with Gasteiger partial charge < -0.3 is 10.5 Å². The molecule has 0 spiro atoms. The molecule has 0 saturated heterocycles. The highest BCUT2D eigenvalue weighted by molar-refractivity contribution is 7.15. The summed E-state index contributed by atoms with van der Waals surface area (Å²) in [5, 5.41) is 1.17. The van der Waals surface area contributed by atoms with Crippen molar-refractivity contribution in [3.8, 4) is 5.75 Å². The number of nitrogen functional groups attached to an aromatic ring is 1. The summed E-state index contributed by atoms with van der Waals surface area (Å²) in [6.45, 7) is 2.43. The number of nitrogens with zero attached hydrogens (tertiary/aromatic N) is 1. The lowest BCUT2D eigenvalue weighted by molar-refractivity contribution is 0.309. The molecule has 1 aromatic heterocycles. The Kier molecular flexibility index (Phi) is 3.31. The summed E-state index contributed by atoms with van der Waals surface area (Å²) < 4.78 is 5.57. The summed E-state index contributed by atoms with van der Waals surface area (Å²) >= 11 is 7.45. The fourth-order valence-electron chi connectivity index (χ4n) is 1.26. The second-order valence-corrected chi connectivity index (χ2v) is 4.94. The molecule has 1 heterocycles. The number of aryl methyl sites for hydroxylation is 1. The van der Waals surface area contributed by atoms with E-state index < -0.39 is 0 Å². The molecule has 2 N–H and O–H groups in total. The number of benzene rings is 1. The Hall–Kier alpha value is -1.26. The van der Waals surface area contributed by atoms with Gasteiger partial charge in [-0.05, 0) is 24.6 Å². The van der Waals surface area contributed by atoms with E-state index in [2.05, 4.69) is 4.98 Å². The third-order valence-electron chi connectivity index (χ3n) is 2.03. The van der Waals surface area contributed by atoms with E-state index in [4.69, 9.17) is 22.1 Å². The van der Waals surface area contributed by atoms with Crippen LogP contribution in [0.3, 0.4) is 0 Å². The first-order valence-electron chi connectivity index (χ1n) is 4.74. The standard InChI is InChI=1S/C11H11ClN2OS/c1-7-2-3-10(9(12)4-7)15-6-8-5-14-11(13)16-8/h2-5H,6H2,1H3,(H2,13,14). The van der Waals surface area contributed by atoms with Gasteiger partial charge in [-0.2, -0.15) is 0 Å². The summed E-state index contributed by atoms with van der Waals surface area (Å²) in [6, 6.07) is 5.70. The minimum Gasteiger partial charge on any atom is -0.486 e. The monoisotopic (exact) mass is 254 g/mol. The molecular formula is C11H11ClN2OS. The molecule has 5 heteroatoms. The molecule has 16 heavy (non-hydrogen) atoms. The molecule has 1 aromatic carbocycles. The maximum Gasteiger partial charge on any atom is 0.180 e. The van der Waals surface area contributed by atoms with E-state index >= 15 is 0 Å². The zero-order chi connectivity index (χ0) is 11.5. The summed E-state index contributed by atoms with van der Waals surface area (Å²) in [4.78, 5) is 4.93. The van der Waals surface area contributed by atoms with Gasteiger partial charge in [0, 0.05) is 6.20 Å². The zero-order valence-electron chi connectivity index (χ0n) is 8.74. The van der Waals surface area contributed by atoms with Crippen molar-refractivity contribution in [2.75, 3.05) is 5.73 Å². The number of thiazole rings is 1. The molecule has 2 aromatic rings. The predicted molar refractivity (Wildman–Crippen MR) is 67.0 cm³/mol. The largest absolute Gasteiger partial charge is 0.486 e. The van der Waals surface area contributed by atoms with Gasteiger partial charge in [0.25, 0.3) is 0 Å². The van der Waals surface area contributed by atoms with E-state index in [9.17, 15) is 0 Å². The topological polar surface area (TPSA) is 48.1 Å². The lowest BCUT2D eigenvalue weighted by Crippen LogP contribution is -1.93. The van der Waals surface area contributed by atoms with Crippen molar-refractivity contribution in [1.29, 1.82) is 0 Å². The number of rotatable bonds is 3. The molecule has 0 fully saturated rings. The molecule has 3 nitrogen and oxygen atoms in total. The van der Waals surface area contributed by atoms with E-state index in [1.54, 1.807) is 6.20 Å². The number of aromatic nitrogens is 1. The Morgan fingerprint density at radius 2 is 2.31 bits per heavy atom. The van der Waals surface area contributed by atoms with Crippen LogP contribution < -0.4 is 10.5 Å². The van der Waals surface area contributed by atoms with Crippen LogP contribution in [0.25, 0.3) is 0 Å². The van der Waals surface area contributed by atoms with Gasteiger partial charge in [-0.25, -0.2) is 4.98 Å². The molecule has 0 bridgehead atoms. The van der Waals surface area contributed by atoms with Gasteiger partial charge in [0.1, 0.15) is 12.4 Å². The second-order valence-electron chi connectivity index (χ2n) is 3.39. The van der Waals surface area contributed by atoms with E-state index in [-0.39, 0.29) is 0 Å². The summed E-state index contributed by atoms with van der Waals surface area (Å²) in [7, 11) is 0. The fourth-order valence-corrected chi connectivity index (χ4v) is 2.15. The molecule has 2 rings (SSSR count). The molecule has 0 atom stereocenters. The van der Waals surface area contributed by atoms with E-state index in [0.717, 1.165) is 10.4 Å². The first kappa shape index (κ1) is 11.2. The van der Waals surface area contributed by atoms with Gasteiger partial charge in [0.05, 0.1) is 9.90 Å². The van der Waals surface area contributed by atoms with Gasteiger partial charge in [-0.15, -0.1) is 0 Å². The molecule has 0 aliphatic carbocycles. The van der Waals surface area contributed by atoms with Gasteiger partial charge in [-0.1, -0.05) is 29.0 Å². The van der Waals surface area contributed by atoms with Gasteiger partial charge in [0.2, 0.25) is 0 Å². The van der Waals surface area contributed by atoms with Gasteiger partial charge >= 0.3 is 0 Å². The lowest BCUT2D eigenvalue weighted by atomic mass is 10.2. The first-order chi connectivity index (χ1) is 7.65. The average molecular weight is 255 g/mol. The first-order valence-corrected chi connectivity index (χ1v) is 5.94. The predicted octanol–water partition coefficient (Wildman–Crippen LogP) is 3.27. The van der Waals surface area contributed by atoms with Crippen LogP contribution >= 0.6 is 22.9 Å². The average Bonchev–Trinajstić information content (AvgIpc) is 2.63. The summed E-state index contributed by atoms with van der Waals surface area (Å²) in [5.41, 5.74) is 6.63. The summed E-state index contributed by atoms with van der Waals surface area (Å²) in [6.07, 6.45) is 1.71. The molecule has 0 amide bonds. The number of anilines is 1. The van der Waals surface area contributed by atoms with Gasteiger partial charge in [0.15, 0.2) is 5.13 Å². The number of nitrogens with two attached hydrogens (primary N) is 1. The second kappa shape index (κ2) is 4.72. The fraction of sp³-hybridized carbons (Fsp3) is 0.182. The van der Waals surface area contributed by atoms with E-state index in [1.165, 1.54) is 11.3 Å². The molecule has 0 aliphatic rings. The minimum atomic E-state index is 0.442. The number of halogens is 1. The Bertz CT molecular complexity index is 498. The van der Waals surface area contributed by atoms with Crippen molar-refractivity contribution in [1.82, 2.24) is 4.98 Å². The zero-order valence-corrected chi connectivity index (χ0v) is 10.3. The number of hydrogen-bond donors (Lipinski definition) is 1. The number of ether oxygens (including phenoxy) is 1. The third-order valence-corrected chi connectivity index (χ3v) is 3.12. The summed E-state index contributed by atoms with van der Waals surface area (Å²) in [5.74, 6) is 0.680. The van der Waals surface area contributed by atoms with E-state index in [1.807, 2.05) is 25.1 Å². The normalized spacial score (nSPS) is 10.4. The highest BCUT2D eigenvalue weighted by Crippen LogP contribution is 2.26. The van der Waals surface area contributed by atoms with Crippen LogP contribution in [0.1, 0.15) is 10.4 Å². The smallest absolute Gasteiger partial charge is 0.180 e. The molecule has 84 valence electrons. The van der Waals surface area contributed by atoms with Crippen LogP contribution in [0, 0.1) is 6.92 Å². The van der Waals surface area contributed by atoms with Crippen LogP contribution in [0.2, 0.25) is 5.02 Å². The maximum atomic E-state index is 6.04. The Balaban J connectivity index is 2.04. The van der Waals surface area contributed by atoms with Gasteiger partial charge in [-0.3, -0.25) is 0 Å². The highest BCUT2D eigenvalue weighted by Gasteiger charge is 2.03. The lowest BCUT2D eigenvalue weighted by Gasteiger charge is -2.06. The van der Waals surface area contributed by atoms with E-state index in [0.29, 0.717) is 22.5 Å². The van der Waals surface area contributed by atoms with Crippen molar-refractivity contribution in [3.63, 3.8) is 0 Å². The molecule has 0 aliphatic heterocycles. The maximum absolute atomic E-state index is 6.04.